The van der Waals surface area contributed by atoms with Gasteiger partial charge in [0.1, 0.15) is 5.82 Å². The van der Waals surface area contributed by atoms with E-state index >= 15 is 0 Å². The third-order valence-corrected chi connectivity index (χ3v) is 3.55. The fourth-order valence-corrected chi connectivity index (χ4v) is 2.25. The lowest BCUT2D eigenvalue weighted by Gasteiger charge is -2.04. The molecule has 6 nitrogen and oxygen atoms in total. The minimum Gasteiger partial charge on any atom is -0.344 e. The molecular weight excluding hydrogens is 288 g/mol. The number of hydrogen-bond acceptors (Lipinski definition) is 4. The molecular formula is C11H21ClN4O2S. The van der Waals surface area contributed by atoms with Gasteiger partial charge in [-0.3, -0.25) is 0 Å². The van der Waals surface area contributed by atoms with E-state index in [1.54, 1.807) is 0 Å². The lowest BCUT2D eigenvalue weighted by molar-refractivity contribution is 0.581. The summed E-state index contributed by atoms with van der Waals surface area (Å²) in [4.78, 5) is 7.42. The quantitative estimate of drug-likeness (QED) is 0.595. The summed E-state index contributed by atoms with van der Waals surface area (Å²) < 4.78 is 24.1. The van der Waals surface area contributed by atoms with Crippen molar-refractivity contribution in [2.24, 2.45) is 0 Å². The highest BCUT2D eigenvalue weighted by Gasteiger charge is 2.07. The fourth-order valence-electron chi connectivity index (χ4n) is 1.56. The number of imidazole rings is 1. The van der Waals surface area contributed by atoms with Gasteiger partial charge in [0.15, 0.2) is 5.15 Å². The maximum atomic E-state index is 10.8. The van der Waals surface area contributed by atoms with Crippen molar-refractivity contribution in [2.75, 3.05) is 19.3 Å². The first kappa shape index (κ1) is 16.4. The van der Waals surface area contributed by atoms with Crippen LogP contribution in [0.15, 0.2) is 0 Å². The zero-order valence-electron chi connectivity index (χ0n) is 11.3. The van der Waals surface area contributed by atoms with Crippen LogP contribution in [0.1, 0.15) is 31.3 Å². The Morgan fingerprint density at radius 3 is 2.74 bits per heavy atom. The molecule has 0 unspecified atom stereocenters. The summed E-state index contributed by atoms with van der Waals surface area (Å²) >= 11 is 6.02. The third kappa shape index (κ3) is 6.91. The molecule has 0 aliphatic carbocycles. The van der Waals surface area contributed by atoms with Gasteiger partial charge in [0.25, 0.3) is 0 Å². The number of aryl methyl sites for hydroxylation is 1. The fraction of sp³-hybridized carbons (Fsp3) is 0.727. The first-order chi connectivity index (χ1) is 8.92. The predicted octanol–water partition coefficient (Wildman–Crippen LogP) is 1.04. The second-order valence-electron chi connectivity index (χ2n) is 4.40. The van der Waals surface area contributed by atoms with E-state index in [0.717, 1.165) is 37.0 Å². The maximum Gasteiger partial charge on any atom is 0.208 e. The largest absolute Gasteiger partial charge is 0.344 e. The predicted molar refractivity (Wildman–Crippen MR) is 76.8 cm³/mol. The van der Waals surface area contributed by atoms with Crippen LogP contribution in [0.25, 0.3) is 0 Å². The molecule has 0 amide bonds. The lowest BCUT2D eigenvalue weighted by atomic mass is 10.2. The summed E-state index contributed by atoms with van der Waals surface area (Å²) in [5, 5.41) is 3.58. The van der Waals surface area contributed by atoms with Crippen LogP contribution in [-0.4, -0.2) is 37.7 Å². The van der Waals surface area contributed by atoms with Gasteiger partial charge in [0.05, 0.1) is 11.9 Å². The van der Waals surface area contributed by atoms with Crippen molar-refractivity contribution in [3.8, 4) is 0 Å². The summed E-state index contributed by atoms with van der Waals surface area (Å²) in [6.45, 7) is 3.56. The summed E-state index contributed by atoms with van der Waals surface area (Å²) in [5.74, 6) is 0.901. The van der Waals surface area contributed by atoms with Crippen LogP contribution in [0.4, 0.5) is 0 Å². The summed E-state index contributed by atoms with van der Waals surface area (Å²) in [7, 11) is -3.12. The standard InChI is InChI=1S/C11H21ClN4O2S/c1-3-4-5-10-15-9(11(12)16-10)8-13-6-7-14-19(2,17)18/h13-14H,3-8H2,1-2H3,(H,15,16). The maximum absolute atomic E-state index is 10.8. The number of nitrogens with one attached hydrogen (secondary N) is 3. The van der Waals surface area contributed by atoms with E-state index in [-0.39, 0.29) is 0 Å². The van der Waals surface area contributed by atoms with Gasteiger partial charge in [-0.05, 0) is 6.42 Å². The van der Waals surface area contributed by atoms with Gasteiger partial charge in [-0.1, -0.05) is 24.9 Å². The molecule has 0 spiro atoms. The monoisotopic (exact) mass is 308 g/mol. The lowest BCUT2D eigenvalue weighted by Crippen LogP contribution is -2.30. The molecule has 0 saturated carbocycles. The van der Waals surface area contributed by atoms with Crippen molar-refractivity contribution in [3.63, 3.8) is 0 Å². The molecule has 8 heteroatoms. The van der Waals surface area contributed by atoms with Gasteiger partial charge >= 0.3 is 0 Å². The number of hydrogen-bond donors (Lipinski definition) is 3. The Labute approximate surface area is 119 Å². The van der Waals surface area contributed by atoms with Crippen molar-refractivity contribution in [3.05, 3.63) is 16.7 Å². The number of aromatic nitrogens is 2. The van der Waals surface area contributed by atoms with E-state index in [1.807, 2.05) is 0 Å². The molecule has 0 aliphatic rings. The molecule has 1 rings (SSSR count). The Hall–Kier alpha value is -0.630. The average molecular weight is 309 g/mol. The van der Waals surface area contributed by atoms with E-state index in [1.165, 1.54) is 0 Å². The zero-order chi connectivity index (χ0) is 14.3. The van der Waals surface area contributed by atoms with Crippen LogP contribution >= 0.6 is 11.6 Å². The molecule has 0 aromatic carbocycles. The number of aromatic amines is 1. The normalized spacial score (nSPS) is 11.9. The van der Waals surface area contributed by atoms with Crippen LogP contribution in [0, 0.1) is 0 Å². The van der Waals surface area contributed by atoms with E-state index in [4.69, 9.17) is 11.6 Å². The first-order valence-electron chi connectivity index (χ1n) is 6.31. The van der Waals surface area contributed by atoms with Crippen LogP contribution < -0.4 is 10.0 Å². The van der Waals surface area contributed by atoms with E-state index in [0.29, 0.717) is 24.8 Å². The van der Waals surface area contributed by atoms with Crippen molar-refractivity contribution in [1.82, 2.24) is 20.0 Å². The minimum absolute atomic E-state index is 0.354. The molecule has 1 heterocycles. The smallest absolute Gasteiger partial charge is 0.208 e. The van der Waals surface area contributed by atoms with Gasteiger partial charge < -0.3 is 10.3 Å². The van der Waals surface area contributed by atoms with E-state index < -0.39 is 10.0 Å². The Bertz CT molecular complexity index is 487. The highest BCUT2D eigenvalue weighted by Crippen LogP contribution is 2.13. The van der Waals surface area contributed by atoms with Crippen LogP contribution in [0.5, 0.6) is 0 Å². The zero-order valence-corrected chi connectivity index (χ0v) is 12.9. The van der Waals surface area contributed by atoms with Crippen molar-refractivity contribution in [1.29, 1.82) is 0 Å². The second-order valence-corrected chi connectivity index (χ2v) is 6.59. The third-order valence-electron chi connectivity index (χ3n) is 2.51. The number of H-pyrrole nitrogens is 1. The van der Waals surface area contributed by atoms with Gasteiger partial charge in [0, 0.05) is 26.1 Å². The molecule has 1 aromatic heterocycles. The van der Waals surface area contributed by atoms with Crippen LogP contribution in [0.2, 0.25) is 5.15 Å². The molecule has 0 fully saturated rings. The summed E-state index contributed by atoms with van der Waals surface area (Å²) in [6.07, 6.45) is 4.22. The summed E-state index contributed by atoms with van der Waals surface area (Å²) in [5.41, 5.74) is 0.840. The van der Waals surface area contributed by atoms with E-state index in [2.05, 4.69) is 26.9 Å². The second kappa shape index (κ2) is 7.84. The molecule has 0 bridgehead atoms. The molecule has 3 N–H and O–H groups in total. The number of unbranched alkanes of at least 4 members (excludes halogenated alkanes) is 1. The van der Waals surface area contributed by atoms with Crippen LogP contribution in [0.3, 0.4) is 0 Å². The molecule has 0 atom stereocenters. The minimum atomic E-state index is -3.12. The number of rotatable bonds is 9. The average Bonchev–Trinajstić information content (AvgIpc) is 2.66. The van der Waals surface area contributed by atoms with Gasteiger partial charge in [-0.25, -0.2) is 18.1 Å². The van der Waals surface area contributed by atoms with Gasteiger partial charge in [0.2, 0.25) is 10.0 Å². The molecule has 0 radical (unpaired) electrons. The van der Waals surface area contributed by atoms with Gasteiger partial charge in [-0.2, -0.15) is 0 Å². The van der Waals surface area contributed by atoms with Crippen molar-refractivity contribution in [2.45, 2.75) is 32.7 Å². The summed E-state index contributed by atoms with van der Waals surface area (Å²) in [6, 6.07) is 0. The Kier molecular flexibility index (Phi) is 6.78. The molecule has 110 valence electrons. The van der Waals surface area contributed by atoms with Gasteiger partial charge in [-0.15, -0.1) is 0 Å². The van der Waals surface area contributed by atoms with Crippen molar-refractivity contribution >= 4 is 21.6 Å². The molecule has 19 heavy (non-hydrogen) atoms. The molecule has 1 aromatic rings. The first-order valence-corrected chi connectivity index (χ1v) is 8.58. The Morgan fingerprint density at radius 1 is 1.37 bits per heavy atom. The number of nitrogens with zero attached hydrogens (tertiary/aromatic N) is 1. The number of sulfonamides is 1. The molecule has 0 saturated heterocycles. The van der Waals surface area contributed by atoms with E-state index in [9.17, 15) is 8.42 Å². The highest BCUT2D eigenvalue weighted by molar-refractivity contribution is 7.88. The molecule has 0 aliphatic heterocycles. The highest BCUT2D eigenvalue weighted by atomic mass is 35.5. The Balaban J connectivity index is 2.31. The topological polar surface area (TPSA) is 86.9 Å². The Morgan fingerprint density at radius 2 is 2.11 bits per heavy atom. The number of halogens is 1. The van der Waals surface area contributed by atoms with Crippen molar-refractivity contribution < 1.29 is 8.42 Å². The van der Waals surface area contributed by atoms with Crippen LogP contribution in [-0.2, 0) is 23.0 Å². The SMILES string of the molecule is CCCCc1nc(Cl)c(CNCCNS(C)(=O)=O)[nH]1.